The second-order valence-electron chi connectivity index (χ2n) is 5.33. The summed E-state index contributed by atoms with van der Waals surface area (Å²) >= 11 is 0. The van der Waals surface area contributed by atoms with Crippen LogP contribution in [0.15, 0.2) is 48.5 Å². The third-order valence-corrected chi connectivity index (χ3v) is 3.94. The van der Waals surface area contributed by atoms with Gasteiger partial charge in [-0.25, -0.2) is 8.78 Å². The first kappa shape index (κ1) is 13.6. The lowest BCUT2D eigenvalue weighted by molar-refractivity contribution is 0.0880. The van der Waals surface area contributed by atoms with E-state index in [0.29, 0.717) is 21.9 Å². The molecule has 0 spiro atoms. The summed E-state index contributed by atoms with van der Waals surface area (Å²) in [4.78, 5) is 24.1. The van der Waals surface area contributed by atoms with Gasteiger partial charge < -0.3 is 0 Å². The summed E-state index contributed by atoms with van der Waals surface area (Å²) in [6.45, 7) is 0. The number of benzene rings is 3. The molecule has 1 N–H and O–H groups in total. The number of nitrogens with one attached hydrogen (secondary N) is 1. The molecule has 1 aliphatic heterocycles. The van der Waals surface area contributed by atoms with E-state index in [2.05, 4.69) is 5.32 Å². The highest BCUT2D eigenvalue weighted by molar-refractivity contribution is 6.27. The van der Waals surface area contributed by atoms with Crippen molar-refractivity contribution in [3.63, 3.8) is 0 Å². The second-order valence-corrected chi connectivity index (χ2v) is 5.33. The molecule has 3 aromatic carbocycles. The number of amides is 2. The zero-order chi connectivity index (χ0) is 16.1. The van der Waals surface area contributed by atoms with E-state index in [1.165, 1.54) is 36.4 Å². The van der Waals surface area contributed by atoms with Gasteiger partial charge >= 0.3 is 0 Å². The van der Waals surface area contributed by atoms with Crippen LogP contribution < -0.4 is 5.32 Å². The smallest absolute Gasteiger partial charge is 0.259 e. The molecule has 1 heterocycles. The lowest BCUT2D eigenvalue weighted by Gasteiger charge is -2.11. The number of halogens is 2. The Morgan fingerprint density at radius 1 is 0.739 bits per heavy atom. The number of fused-ring (bicyclic) bond motifs is 2. The minimum atomic E-state index is -0.532. The molecule has 0 bridgehead atoms. The lowest BCUT2D eigenvalue weighted by atomic mass is 9.90. The van der Waals surface area contributed by atoms with Gasteiger partial charge in [0.15, 0.2) is 0 Å². The van der Waals surface area contributed by atoms with Crippen molar-refractivity contribution in [3.8, 4) is 11.1 Å². The summed E-state index contributed by atoms with van der Waals surface area (Å²) < 4.78 is 26.9. The Morgan fingerprint density at radius 2 is 1.43 bits per heavy atom. The Hall–Kier alpha value is -3.08. The molecule has 0 saturated heterocycles. The van der Waals surface area contributed by atoms with Gasteiger partial charge in [-0.2, -0.15) is 0 Å². The van der Waals surface area contributed by atoms with Crippen LogP contribution in [0, 0.1) is 11.6 Å². The van der Waals surface area contributed by atoms with Crippen molar-refractivity contribution in [2.45, 2.75) is 0 Å². The maximum atomic E-state index is 13.7. The summed E-state index contributed by atoms with van der Waals surface area (Å²) in [6, 6.07) is 11.2. The van der Waals surface area contributed by atoms with E-state index >= 15 is 0 Å². The molecule has 0 atom stereocenters. The number of imide groups is 1. The average molecular weight is 309 g/mol. The molecule has 2 amide bonds. The van der Waals surface area contributed by atoms with Gasteiger partial charge in [-0.05, 0) is 46.7 Å². The minimum Gasteiger partial charge on any atom is -0.288 e. The first-order chi connectivity index (χ1) is 11.0. The van der Waals surface area contributed by atoms with Crippen molar-refractivity contribution in [3.05, 3.63) is 71.3 Å². The van der Waals surface area contributed by atoms with E-state index < -0.39 is 23.4 Å². The molecule has 112 valence electrons. The SMILES string of the molecule is O=C1NC(=O)c2c1cc1ccc(F)cc1c2-c1ccc(F)cc1. The first-order valence-corrected chi connectivity index (χ1v) is 6.92. The Morgan fingerprint density at radius 3 is 2.17 bits per heavy atom. The third kappa shape index (κ3) is 2.01. The van der Waals surface area contributed by atoms with Crippen LogP contribution >= 0.6 is 0 Å². The predicted molar refractivity (Wildman–Crippen MR) is 81.1 cm³/mol. The Balaban J connectivity index is 2.17. The Labute approximate surface area is 129 Å². The maximum Gasteiger partial charge on any atom is 0.259 e. The Kier molecular flexibility index (Phi) is 2.78. The summed E-state index contributed by atoms with van der Waals surface area (Å²) in [5.41, 5.74) is 1.41. The van der Waals surface area contributed by atoms with Crippen LogP contribution in [-0.4, -0.2) is 11.8 Å². The lowest BCUT2D eigenvalue weighted by Crippen LogP contribution is -2.20. The minimum absolute atomic E-state index is 0.194. The molecule has 0 fully saturated rings. The monoisotopic (exact) mass is 309 g/mol. The van der Waals surface area contributed by atoms with Gasteiger partial charge in [0.2, 0.25) is 0 Å². The van der Waals surface area contributed by atoms with Gasteiger partial charge in [0.05, 0.1) is 11.1 Å². The molecular weight excluding hydrogens is 300 g/mol. The van der Waals surface area contributed by atoms with Crippen LogP contribution in [0.1, 0.15) is 20.7 Å². The molecule has 1 aliphatic rings. The van der Waals surface area contributed by atoms with E-state index in [1.54, 1.807) is 12.1 Å². The van der Waals surface area contributed by atoms with Crippen LogP contribution in [0.5, 0.6) is 0 Å². The maximum absolute atomic E-state index is 13.7. The van der Waals surface area contributed by atoms with Crippen LogP contribution in [0.4, 0.5) is 8.78 Å². The van der Waals surface area contributed by atoms with Crippen LogP contribution in [0.3, 0.4) is 0 Å². The number of hydrogen-bond acceptors (Lipinski definition) is 2. The average Bonchev–Trinajstić information content (AvgIpc) is 2.81. The van der Waals surface area contributed by atoms with E-state index in [4.69, 9.17) is 0 Å². The molecule has 0 unspecified atom stereocenters. The molecule has 0 aliphatic carbocycles. The van der Waals surface area contributed by atoms with Crippen molar-refractivity contribution in [1.29, 1.82) is 0 Å². The zero-order valence-corrected chi connectivity index (χ0v) is 11.7. The largest absolute Gasteiger partial charge is 0.288 e. The number of rotatable bonds is 1. The fourth-order valence-corrected chi connectivity index (χ4v) is 2.93. The third-order valence-electron chi connectivity index (χ3n) is 3.94. The quantitative estimate of drug-likeness (QED) is 0.697. The molecular formula is C18H9F2NO2. The van der Waals surface area contributed by atoms with Crippen molar-refractivity contribution in [1.82, 2.24) is 5.32 Å². The predicted octanol–water partition coefficient (Wildman–Crippen LogP) is 3.67. The summed E-state index contributed by atoms with van der Waals surface area (Å²) in [5.74, 6) is -1.89. The van der Waals surface area contributed by atoms with Crippen LogP contribution in [-0.2, 0) is 0 Å². The summed E-state index contributed by atoms with van der Waals surface area (Å²) in [5, 5.41) is 3.38. The Bertz CT molecular complexity index is 994. The normalized spacial score (nSPS) is 13.3. The van der Waals surface area contributed by atoms with Gasteiger partial charge in [0.25, 0.3) is 11.8 Å². The highest BCUT2D eigenvalue weighted by Crippen LogP contribution is 2.37. The van der Waals surface area contributed by atoms with Crippen molar-refractivity contribution < 1.29 is 18.4 Å². The van der Waals surface area contributed by atoms with Crippen molar-refractivity contribution in [2.24, 2.45) is 0 Å². The standard InChI is InChI=1S/C18H9F2NO2/c19-11-4-1-9(2-5-11)15-13-8-12(20)6-3-10(13)7-14-16(15)18(23)21-17(14)22/h1-8H,(H,21,22,23). The second kappa shape index (κ2) is 4.71. The first-order valence-electron chi connectivity index (χ1n) is 6.92. The van der Waals surface area contributed by atoms with Gasteiger partial charge in [-0.3, -0.25) is 14.9 Å². The highest BCUT2D eigenvalue weighted by Gasteiger charge is 2.31. The number of carbonyl (C=O) groups excluding carboxylic acids is 2. The summed E-state index contributed by atoms with van der Waals surface area (Å²) in [6.07, 6.45) is 0. The number of carbonyl (C=O) groups is 2. The van der Waals surface area contributed by atoms with Crippen LogP contribution in [0.2, 0.25) is 0 Å². The fourth-order valence-electron chi connectivity index (χ4n) is 2.93. The van der Waals surface area contributed by atoms with Gasteiger partial charge in [0, 0.05) is 5.56 Å². The molecule has 5 heteroatoms. The molecule has 0 saturated carbocycles. The number of hydrogen-bond donors (Lipinski definition) is 1. The summed E-state index contributed by atoms with van der Waals surface area (Å²) in [7, 11) is 0. The van der Waals surface area contributed by atoms with Gasteiger partial charge in [-0.1, -0.05) is 18.2 Å². The molecule has 0 radical (unpaired) electrons. The molecule has 4 rings (SSSR count). The van der Waals surface area contributed by atoms with Crippen molar-refractivity contribution >= 4 is 22.6 Å². The molecule has 3 aromatic rings. The topological polar surface area (TPSA) is 46.2 Å². The van der Waals surface area contributed by atoms with Crippen LogP contribution in [0.25, 0.3) is 21.9 Å². The van der Waals surface area contributed by atoms with E-state index in [1.807, 2.05) is 0 Å². The van der Waals surface area contributed by atoms with E-state index in [9.17, 15) is 18.4 Å². The van der Waals surface area contributed by atoms with E-state index in [-0.39, 0.29) is 11.1 Å². The van der Waals surface area contributed by atoms with Crippen molar-refractivity contribution in [2.75, 3.05) is 0 Å². The fraction of sp³-hybridized carbons (Fsp3) is 0. The van der Waals surface area contributed by atoms with Gasteiger partial charge in [-0.15, -0.1) is 0 Å². The van der Waals surface area contributed by atoms with E-state index in [0.717, 1.165) is 0 Å². The zero-order valence-electron chi connectivity index (χ0n) is 11.7. The van der Waals surface area contributed by atoms with Gasteiger partial charge in [0.1, 0.15) is 11.6 Å². The molecule has 3 nitrogen and oxygen atoms in total. The molecule has 0 aromatic heterocycles. The molecule has 23 heavy (non-hydrogen) atoms. The highest BCUT2D eigenvalue weighted by atomic mass is 19.1.